The minimum Gasteiger partial charge on any atom is -0.489 e. The summed E-state index contributed by atoms with van der Waals surface area (Å²) >= 11 is 0. The van der Waals surface area contributed by atoms with Crippen LogP contribution in [0.25, 0.3) is 6.08 Å². The lowest BCUT2D eigenvalue weighted by Crippen LogP contribution is -2.33. The number of carbonyl (C=O) groups is 1. The van der Waals surface area contributed by atoms with Gasteiger partial charge in [-0.05, 0) is 50.5 Å². The minimum absolute atomic E-state index is 0.0296. The molecule has 0 aliphatic heterocycles. The number of hydrogen-bond donors (Lipinski definition) is 2. The molecule has 0 heterocycles. The Labute approximate surface area is 139 Å². The molecule has 126 valence electrons. The Morgan fingerprint density at radius 3 is 2.57 bits per heavy atom. The van der Waals surface area contributed by atoms with Crippen LogP contribution in [0.5, 0.6) is 5.75 Å². The van der Waals surface area contributed by atoms with E-state index < -0.39 is 0 Å². The van der Waals surface area contributed by atoms with Crippen LogP contribution in [-0.4, -0.2) is 18.1 Å². The van der Waals surface area contributed by atoms with Crippen molar-refractivity contribution in [1.29, 1.82) is 0 Å². The topological polar surface area (TPSA) is 64.3 Å². The largest absolute Gasteiger partial charge is 0.489 e. The minimum atomic E-state index is -0.0296. The van der Waals surface area contributed by atoms with Crippen LogP contribution in [0.1, 0.15) is 57.9 Å². The number of nitrogens with two attached hydrogens (primary N) is 1. The van der Waals surface area contributed by atoms with E-state index in [2.05, 4.69) is 5.32 Å². The van der Waals surface area contributed by atoms with Crippen molar-refractivity contribution < 1.29 is 9.53 Å². The number of ether oxygens (including phenoxy) is 1. The number of nitrogen functional groups attached to an aromatic ring is 1. The quantitative estimate of drug-likeness (QED) is 0.492. The average Bonchev–Trinajstić information content (AvgIpc) is 2.76. The van der Waals surface area contributed by atoms with Gasteiger partial charge in [0.15, 0.2) is 0 Å². The fourth-order valence-electron chi connectivity index (χ4n) is 2.88. The van der Waals surface area contributed by atoms with Crippen LogP contribution in [0, 0.1) is 0 Å². The summed E-state index contributed by atoms with van der Waals surface area (Å²) in [4.78, 5) is 12.0. The zero-order chi connectivity index (χ0) is 16.7. The Bertz CT molecular complexity index is 544. The van der Waals surface area contributed by atoms with Gasteiger partial charge < -0.3 is 15.8 Å². The first-order chi connectivity index (χ1) is 11.0. The van der Waals surface area contributed by atoms with Gasteiger partial charge in [-0.3, -0.25) is 4.79 Å². The molecule has 0 bridgehead atoms. The highest BCUT2D eigenvalue weighted by Crippen LogP contribution is 2.24. The van der Waals surface area contributed by atoms with Gasteiger partial charge in [0.05, 0.1) is 11.8 Å². The highest BCUT2D eigenvalue weighted by Gasteiger charge is 2.13. The van der Waals surface area contributed by atoms with Crippen LogP contribution >= 0.6 is 0 Å². The van der Waals surface area contributed by atoms with Crippen LogP contribution in [0.2, 0.25) is 0 Å². The second-order valence-corrected chi connectivity index (χ2v) is 6.49. The summed E-state index contributed by atoms with van der Waals surface area (Å²) in [6.07, 6.45) is 10.6. The van der Waals surface area contributed by atoms with Gasteiger partial charge in [0.2, 0.25) is 5.91 Å². The van der Waals surface area contributed by atoms with E-state index in [1.165, 1.54) is 25.7 Å². The van der Waals surface area contributed by atoms with Gasteiger partial charge in [-0.1, -0.05) is 31.7 Å². The summed E-state index contributed by atoms with van der Waals surface area (Å²) in [6, 6.07) is 5.90. The molecule has 1 aromatic carbocycles. The first kappa shape index (κ1) is 17.4. The van der Waals surface area contributed by atoms with Gasteiger partial charge in [-0.15, -0.1) is 0 Å². The molecule has 1 aliphatic carbocycles. The van der Waals surface area contributed by atoms with E-state index in [4.69, 9.17) is 10.5 Å². The maximum atomic E-state index is 12.0. The molecule has 1 fully saturated rings. The molecule has 0 spiro atoms. The number of rotatable bonds is 5. The smallest absolute Gasteiger partial charge is 0.244 e. The van der Waals surface area contributed by atoms with Crippen LogP contribution in [-0.2, 0) is 4.79 Å². The maximum absolute atomic E-state index is 12.0. The number of anilines is 1. The predicted octanol–water partition coefficient (Wildman–Crippen LogP) is 3.91. The van der Waals surface area contributed by atoms with E-state index in [1.807, 2.05) is 32.0 Å². The maximum Gasteiger partial charge on any atom is 0.244 e. The van der Waals surface area contributed by atoms with Gasteiger partial charge in [0.1, 0.15) is 5.75 Å². The summed E-state index contributed by atoms with van der Waals surface area (Å²) < 4.78 is 5.61. The summed E-state index contributed by atoms with van der Waals surface area (Å²) in [6.45, 7) is 3.93. The Kier molecular flexibility index (Phi) is 6.51. The molecule has 1 amide bonds. The summed E-state index contributed by atoms with van der Waals surface area (Å²) in [5.41, 5.74) is 7.47. The van der Waals surface area contributed by atoms with Gasteiger partial charge in [0, 0.05) is 12.1 Å². The van der Waals surface area contributed by atoms with Crippen LogP contribution in [0.4, 0.5) is 5.69 Å². The second kappa shape index (κ2) is 8.61. The third-order valence-electron chi connectivity index (χ3n) is 4.03. The molecule has 4 nitrogen and oxygen atoms in total. The van der Waals surface area contributed by atoms with E-state index >= 15 is 0 Å². The van der Waals surface area contributed by atoms with Crippen molar-refractivity contribution in [3.63, 3.8) is 0 Å². The zero-order valence-corrected chi connectivity index (χ0v) is 14.2. The summed E-state index contributed by atoms with van der Waals surface area (Å²) in [7, 11) is 0. The molecule has 0 aromatic heterocycles. The lowest BCUT2D eigenvalue weighted by atomic mass is 10.1. The van der Waals surface area contributed by atoms with Crippen LogP contribution in [0.3, 0.4) is 0 Å². The number of carbonyl (C=O) groups excluding carboxylic acids is 1. The van der Waals surface area contributed by atoms with E-state index in [-0.39, 0.29) is 12.0 Å². The first-order valence-corrected chi connectivity index (χ1v) is 8.59. The third kappa shape index (κ3) is 5.97. The van der Waals surface area contributed by atoms with Gasteiger partial charge in [0.25, 0.3) is 0 Å². The summed E-state index contributed by atoms with van der Waals surface area (Å²) in [5.74, 6) is 0.651. The molecule has 2 rings (SSSR count). The Morgan fingerprint density at radius 1 is 1.26 bits per heavy atom. The predicted molar refractivity (Wildman–Crippen MR) is 95.3 cm³/mol. The van der Waals surface area contributed by atoms with E-state index in [1.54, 1.807) is 12.2 Å². The fraction of sp³-hybridized carbons (Fsp3) is 0.526. The average molecular weight is 316 g/mol. The monoisotopic (exact) mass is 316 g/mol. The van der Waals surface area contributed by atoms with Crippen molar-refractivity contribution >= 4 is 17.7 Å². The van der Waals surface area contributed by atoms with Crippen LogP contribution < -0.4 is 15.8 Å². The second-order valence-electron chi connectivity index (χ2n) is 6.49. The Balaban J connectivity index is 1.91. The molecular weight excluding hydrogens is 288 g/mol. The van der Waals surface area contributed by atoms with Crippen molar-refractivity contribution in [3.05, 3.63) is 29.8 Å². The SMILES string of the molecule is CC(C)Oc1ccc(/C=C\C(=O)NC2CCCCCC2)cc1N. The number of nitrogens with one attached hydrogen (secondary N) is 1. The molecule has 1 aliphatic rings. The van der Waals surface area contributed by atoms with E-state index in [9.17, 15) is 4.79 Å². The van der Waals surface area contributed by atoms with Crippen molar-refractivity contribution in [3.8, 4) is 5.75 Å². The molecule has 0 saturated heterocycles. The lowest BCUT2D eigenvalue weighted by molar-refractivity contribution is -0.117. The molecule has 1 aromatic rings. The zero-order valence-electron chi connectivity index (χ0n) is 14.2. The third-order valence-corrected chi connectivity index (χ3v) is 4.03. The highest BCUT2D eigenvalue weighted by atomic mass is 16.5. The fourth-order valence-corrected chi connectivity index (χ4v) is 2.88. The van der Waals surface area contributed by atoms with Crippen molar-refractivity contribution in [2.75, 3.05) is 5.73 Å². The summed E-state index contributed by atoms with van der Waals surface area (Å²) in [5, 5.41) is 3.10. The van der Waals surface area contributed by atoms with Crippen molar-refractivity contribution in [1.82, 2.24) is 5.32 Å². The first-order valence-electron chi connectivity index (χ1n) is 8.59. The standard InChI is InChI=1S/C19H28N2O2/c1-14(2)23-18-11-9-15(13-17(18)20)10-12-19(22)21-16-7-5-3-4-6-8-16/h9-14,16H,3-8,20H2,1-2H3,(H,21,22)/b12-10-. The Morgan fingerprint density at radius 2 is 1.96 bits per heavy atom. The molecule has 23 heavy (non-hydrogen) atoms. The number of amides is 1. The number of benzene rings is 1. The Hall–Kier alpha value is -1.97. The highest BCUT2D eigenvalue weighted by molar-refractivity contribution is 5.92. The number of hydrogen-bond acceptors (Lipinski definition) is 3. The van der Waals surface area contributed by atoms with Gasteiger partial charge in [-0.2, -0.15) is 0 Å². The molecule has 1 saturated carbocycles. The van der Waals surface area contributed by atoms with Gasteiger partial charge in [-0.25, -0.2) is 0 Å². The lowest BCUT2D eigenvalue weighted by Gasteiger charge is -2.14. The molecule has 0 radical (unpaired) electrons. The van der Waals surface area contributed by atoms with Crippen molar-refractivity contribution in [2.45, 2.75) is 64.5 Å². The van der Waals surface area contributed by atoms with Crippen LogP contribution in [0.15, 0.2) is 24.3 Å². The van der Waals surface area contributed by atoms with E-state index in [0.29, 0.717) is 17.5 Å². The van der Waals surface area contributed by atoms with Gasteiger partial charge >= 0.3 is 0 Å². The molecular formula is C19H28N2O2. The molecule has 0 atom stereocenters. The molecule has 0 unspecified atom stereocenters. The molecule has 3 N–H and O–H groups in total. The van der Waals surface area contributed by atoms with Crippen molar-refractivity contribution in [2.24, 2.45) is 0 Å². The molecule has 4 heteroatoms. The van der Waals surface area contributed by atoms with E-state index in [0.717, 1.165) is 18.4 Å². The normalized spacial score (nSPS) is 16.5.